The van der Waals surface area contributed by atoms with Gasteiger partial charge in [-0.3, -0.25) is 4.90 Å². The lowest BCUT2D eigenvalue weighted by Crippen LogP contribution is -2.26. The average molecular weight is 288 g/mol. The Hall–Kier alpha value is -1.72. The van der Waals surface area contributed by atoms with Gasteiger partial charge in [0, 0.05) is 19.2 Å². The van der Waals surface area contributed by atoms with E-state index >= 15 is 0 Å². The predicted molar refractivity (Wildman–Crippen MR) is 82.8 cm³/mol. The molecule has 2 aromatic rings. The third kappa shape index (κ3) is 3.68. The fourth-order valence-corrected chi connectivity index (χ4v) is 2.73. The third-order valence-corrected chi connectivity index (χ3v) is 3.84. The van der Waals surface area contributed by atoms with Crippen LogP contribution in [0.15, 0.2) is 30.3 Å². The molecule has 1 aromatic heterocycles. The molecule has 5 heteroatoms. The zero-order valence-electron chi connectivity index (χ0n) is 13.0. The summed E-state index contributed by atoms with van der Waals surface area (Å²) < 4.78 is 2.12. The van der Waals surface area contributed by atoms with E-state index in [1.165, 1.54) is 5.56 Å². The summed E-state index contributed by atoms with van der Waals surface area (Å²) in [6, 6.07) is 10.5. The molecule has 1 aromatic carbocycles. The van der Waals surface area contributed by atoms with E-state index in [9.17, 15) is 5.11 Å². The molecule has 0 amide bonds. The molecule has 0 saturated carbocycles. The molecule has 0 radical (unpaired) electrons. The van der Waals surface area contributed by atoms with Crippen molar-refractivity contribution in [3.63, 3.8) is 0 Å². The molecule has 0 saturated heterocycles. The minimum atomic E-state index is 0.170. The lowest BCUT2D eigenvalue weighted by Gasteiger charge is -2.27. The van der Waals surface area contributed by atoms with Crippen LogP contribution >= 0.6 is 0 Å². The fraction of sp³-hybridized carbons (Fsp3) is 0.500. The monoisotopic (exact) mass is 288 g/mol. The molecule has 0 spiro atoms. The summed E-state index contributed by atoms with van der Waals surface area (Å²) in [7, 11) is 2.07. The highest BCUT2D eigenvalue weighted by molar-refractivity contribution is 5.19. The lowest BCUT2D eigenvalue weighted by molar-refractivity contribution is 0.175. The van der Waals surface area contributed by atoms with Crippen LogP contribution in [-0.4, -0.2) is 38.4 Å². The van der Waals surface area contributed by atoms with Gasteiger partial charge in [-0.2, -0.15) is 0 Å². The van der Waals surface area contributed by atoms with Crippen molar-refractivity contribution in [2.75, 3.05) is 13.7 Å². The van der Waals surface area contributed by atoms with Crippen LogP contribution in [-0.2, 0) is 13.1 Å². The first kappa shape index (κ1) is 15.7. The fourth-order valence-electron chi connectivity index (χ4n) is 2.73. The van der Waals surface area contributed by atoms with Gasteiger partial charge >= 0.3 is 0 Å². The van der Waals surface area contributed by atoms with Crippen molar-refractivity contribution < 1.29 is 5.11 Å². The van der Waals surface area contributed by atoms with Crippen LogP contribution in [0, 0.1) is 6.92 Å². The largest absolute Gasteiger partial charge is 0.396 e. The van der Waals surface area contributed by atoms with Crippen molar-refractivity contribution in [3.8, 4) is 0 Å². The lowest BCUT2D eigenvalue weighted by atomic mass is 10.0. The SMILES string of the molecule is CCn1c(C)nnc1CN(C)C(CCO)c1ccccc1. The quantitative estimate of drug-likeness (QED) is 0.848. The van der Waals surface area contributed by atoms with E-state index < -0.39 is 0 Å². The molecule has 0 bridgehead atoms. The van der Waals surface area contributed by atoms with Crippen LogP contribution in [0.1, 0.15) is 36.6 Å². The smallest absolute Gasteiger partial charge is 0.147 e. The zero-order chi connectivity index (χ0) is 15.2. The molecule has 0 fully saturated rings. The van der Waals surface area contributed by atoms with Gasteiger partial charge in [-0.15, -0.1) is 10.2 Å². The van der Waals surface area contributed by atoms with Crippen LogP contribution in [0.5, 0.6) is 0 Å². The Morgan fingerprint density at radius 3 is 2.57 bits per heavy atom. The number of hydrogen-bond donors (Lipinski definition) is 1. The maximum atomic E-state index is 9.36. The first-order chi connectivity index (χ1) is 10.2. The standard InChI is InChI=1S/C16H24N4O/c1-4-20-13(2)17-18-16(20)12-19(3)15(10-11-21)14-8-6-5-7-9-14/h5-9,15,21H,4,10-12H2,1-3H3. The van der Waals surface area contributed by atoms with Crippen molar-refractivity contribution in [2.24, 2.45) is 0 Å². The minimum absolute atomic E-state index is 0.170. The van der Waals surface area contributed by atoms with Crippen molar-refractivity contribution in [1.82, 2.24) is 19.7 Å². The highest BCUT2D eigenvalue weighted by Gasteiger charge is 2.19. The van der Waals surface area contributed by atoms with Crippen molar-refractivity contribution in [3.05, 3.63) is 47.5 Å². The van der Waals surface area contributed by atoms with E-state index in [4.69, 9.17) is 0 Å². The molecule has 1 N–H and O–H groups in total. The maximum absolute atomic E-state index is 9.36. The topological polar surface area (TPSA) is 54.2 Å². The predicted octanol–water partition coefficient (Wildman–Crippen LogP) is 2.16. The summed E-state index contributed by atoms with van der Waals surface area (Å²) in [6.07, 6.45) is 0.708. The summed E-state index contributed by atoms with van der Waals surface area (Å²) in [4.78, 5) is 2.22. The number of rotatable bonds is 7. The second-order valence-corrected chi connectivity index (χ2v) is 5.26. The van der Waals surface area contributed by atoms with Gasteiger partial charge in [0.05, 0.1) is 6.54 Å². The maximum Gasteiger partial charge on any atom is 0.147 e. The number of nitrogens with zero attached hydrogens (tertiary/aromatic N) is 4. The van der Waals surface area contributed by atoms with Crippen molar-refractivity contribution >= 4 is 0 Å². The Balaban J connectivity index is 2.17. The first-order valence-electron chi connectivity index (χ1n) is 7.42. The Kier molecular flexibility index (Phi) is 5.47. The summed E-state index contributed by atoms with van der Waals surface area (Å²) in [6.45, 7) is 5.83. The Morgan fingerprint density at radius 2 is 1.95 bits per heavy atom. The van der Waals surface area contributed by atoms with Gasteiger partial charge in [-0.05, 0) is 32.9 Å². The van der Waals surface area contributed by atoms with E-state index in [-0.39, 0.29) is 12.6 Å². The second-order valence-electron chi connectivity index (χ2n) is 5.26. The van der Waals surface area contributed by atoms with E-state index in [0.717, 1.165) is 18.2 Å². The summed E-state index contributed by atoms with van der Waals surface area (Å²) in [5.74, 6) is 1.91. The summed E-state index contributed by atoms with van der Waals surface area (Å²) >= 11 is 0. The normalized spacial score (nSPS) is 12.8. The number of aryl methyl sites for hydroxylation is 1. The molecule has 2 rings (SSSR count). The van der Waals surface area contributed by atoms with Gasteiger partial charge in [-0.1, -0.05) is 30.3 Å². The first-order valence-corrected chi connectivity index (χ1v) is 7.42. The zero-order valence-corrected chi connectivity index (χ0v) is 13.0. The van der Waals surface area contributed by atoms with Gasteiger partial charge in [0.25, 0.3) is 0 Å². The molecule has 1 unspecified atom stereocenters. The molecular weight excluding hydrogens is 264 g/mol. The molecular formula is C16H24N4O. The van der Waals surface area contributed by atoms with Gasteiger partial charge < -0.3 is 9.67 Å². The molecule has 0 aliphatic carbocycles. The Morgan fingerprint density at radius 1 is 1.24 bits per heavy atom. The van der Waals surface area contributed by atoms with Crippen molar-refractivity contribution in [2.45, 2.75) is 39.4 Å². The van der Waals surface area contributed by atoms with Crippen LogP contribution < -0.4 is 0 Å². The summed E-state index contributed by atoms with van der Waals surface area (Å²) in [5, 5.41) is 17.8. The number of hydrogen-bond acceptors (Lipinski definition) is 4. The van der Waals surface area contributed by atoms with Crippen molar-refractivity contribution in [1.29, 1.82) is 0 Å². The number of aliphatic hydroxyl groups is 1. The second kappa shape index (κ2) is 7.33. The molecule has 1 atom stereocenters. The molecule has 0 aliphatic rings. The molecule has 1 heterocycles. The van der Waals surface area contributed by atoms with Crippen LogP contribution in [0.25, 0.3) is 0 Å². The highest BCUT2D eigenvalue weighted by Crippen LogP contribution is 2.24. The van der Waals surface area contributed by atoms with Gasteiger partial charge in [0.1, 0.15) is 11.6 Å². The molecule has 21 heavy (non-hydrogen) atoms. The summed E-state index contributed by atoms with van der Waals surface area (Å²) in [5.41, 5.74) is 1.22. The molecule has 5 nitrogen and oxygen atoms in total. The Labute approximate surface area is 126 Å². The molecule has 0 aliphatic heterocycles. The van der Waals surface area contributed by atoms with Gasteiger partial charge in [0.15, 0.2) is 0 Å². The van der Waals surface area contributed by atoms with Crippen LogP contribution in [0.4, 0.5) is 0 Å². The van der Waals surface area contributed by atoms with E-state index in [0.29, 0.717) is 13.0 Å². The number of aliphatic hydroxyl groups excluding tert-OH is 1. The van der Waals surface area contributed by atoms with Gasteiger partial charge in [-0.25, -0.2) is 0 Å². The average Bonchev–Trinajstić information content (AvgIpc) is 2.85. The van der Waals surface area contributed by atoms with Crippen LogP contribution in [0.3, 0.4) is 0 Å². The number of aromatic nitrogens is 3. The van der Waals surface area contributed by atoms with E-state index in [1.807, 2.05) is 25.1 Å². The number of benzene rings is 1. The highest BCUT2D eigenvalue weighted by atomic mass is 16.3. The third-order valence-electron chi connectivity index (χ3n) is 3.84. The molecule has 114 valence electrons. The van der Waals surface area contributed by atoms with Crippen LogP contribution in [0.2, 0.25) is 0 Å². The van der Waals surface area contributed by atoms with Gasteiger partial charge in [0.2, 0.25) is 0 Å². The van der Waals surface area contributed by atoms with E-state index in [1.54, 1.807) is 0 Å². The minimum Gasteiger partial charge on any atom is -0.396 e. The Bertz CT molecular complexity index is 553. The van der Waals surface area contributed by atoms with E-state index in [2.05, 4.69) is 45.8 Å².